The second kappa shape index (κ2) is 8.47. The third kappa shape index (κ3) is 5.97. The molecule has 0 saturated carbocycles. The number of hydrogen-bond acceptors (Lipinski definition) is 3. The van der Waals surface area contributed by atoms with Crippen LogP contribution in [0.1, 0.15) is 36.5 Å². The van der Waals surface area contributed by atoms with Crippen molar-refractivity contribution in [1.82, 2.24) is 4.31 Å². The predicted molar refractivity (Wildman–Crippen MR) is 106 cm³/mol. The Balaban J connectivity index is 2.06. The first-order valence-electron chi connectivity index (χ1n) is 8.55. The summed E-state index contributed by atoms with van der Waals surface area (Å²) in [5.74, 6) is 0.0511. The van der Waals surface area contributed by atoms with Crippen LogP contribution < -0.4 is 5.32 Å². The molecule has 140 valence electrons. The van der Waals surface area contributed by atoms with Crippen LogP contribution in [-0.2, 0) is 21.4 Å². The highest BCUT2D eigenvalue weighted by molar-refractivity contribution is 7.88. The van der Waals surface area contributed by atoms with Gasteiger partial charge < -0.3 is 5.32 Å². The number of benzene rings is 2. The van der Waals surface area contributed by atoms with Crippen molar-refractivity contribution in [2.75, 3.05) is 18.1 Å². The lowest BCUT2D eigenvalue weighted by atomic mass is 10.0. The molecule has 5 nitrogen and oxygen atoms in total. The van der Waals surface area contributed by atoms with Crippen molar-refractivity contribution < 1.29 is 13.2 Å². The number of hydrogen-bond donors (Lipinski definition) is 1. The van der Waals surface area contributed by atoms with E-state index < -0.39 is 10.0 Å². The fourth-order valence-electron chi connectivity index (χ4n) is 2.62. The number of amides is 1. The Kier molecular flexibility index (Phi) is 6.56. The topological polar surface area (TPSA) is 66.5 Å². The number of carbonyl (C=O) groups is 1. The molecule has 0 fully saturated rings. The van der Waals surface area contributed by atoms with E-state index in [-0.39, 0.29) is 19.0 Å². The highest BCUT2D eigenvalue weighted by Gasteiger charge is 2.20. The molecule has 1 N–H and O–H groups in total. The first-order valence-corrected chi connectivity index (χ1v) is 10.4. The smallest absolute Gasteiger partial charge is 0.239 e. The van der Waals surface area contributed by atoms with Crippen LogP contribution in [0.5, 0.6) is 0 Å². The molecule has 0 saturated heterocycles. The second-order valence-electron chi connectivity index (χ2n) is 6.84. The Hall–Kier alpha value is -2.18. The minimum Gasteiger partial charge on any atom is -0.325 e. The number of rotatable bonds is 7. The molecule has 0 radical (unpaired) electrons. The molecule has 2 aromatic carbocycles. The largest absolute Gasteiger partial charge is 0.325 e. The fourth-order valence-corrected chi connectivity index (χ4v) is 3.35. The minimum atomic E-state index is -3.51. The maximum atomic E-state index is 12.3. The van der Waals surface area contributed by atoms with Crippen molar-refractivity contribution in [2.24, 2.45) is 0 Å². The van der Waals surface area contributed by atoms with Crippen molar-refractivity contribution in [1.29, 1.82) is 0 Å². The third-order valence-electron chi connectivity index (χ3n) is 4.09. The lowest BCUT2D eigenvalue weighted by Crippen LogP contribution is -2.36. The molecule has 0 aromatic heterocycles. The summed E-state index contributed by atoms with van der Waals surface area (Å²) in [7, 11) is -3.51. The average molecular weight is 375 g/mol. The standard InChI is InChI=1S/C20H26N2O3S/c1-15(2)18-8-10-19(11-9-18)21-20(23)14-22(26(4,24)25)13-17-7-5-6-16(3)12-17/h5-12,15H,13-14H2,1-4H3,(H,21,23). The van der Waals surface area contributed by atoms with Gasteiger partial charge in [-0.15, -0.1) is 0 Å². The molecule has 0 aliphatic heterocycles. The van der Waals surface area contributed by atoms with Crippen LogP contribution >= 0.6 is 0 Å². The maximum absolute atomic E-state index is 12.3. The Morgan fingerprint density at radius 3 is 2.31 bits per heavy atom. The van der Waals surface area contributed by atoms with Gasteiger partial charge in [-0.05, 0) is 36.1 Å². The Morgan fingerprint density at radius 1 is 1.12 bits per heavy atom. The van der Waals surface area contributed by atoms with Crippen molar-refractivity contribution in [3.05, 3.63) is 65.2 Å². The molecule has 0 aliphatic rings. The van der Waals surface area contributed by atoms with Gasteiger partial charge >= 0.3 is 0 Å². The van der Waals surface area contributed by atoms with Gasteiger partial charge in [0.25, 0.3) is 0 Å². The fraction of sp³-hybridized carbons (Fsp3) is 0.350. The highest BCUT2D eigenvalue weighted by Crippen LogP contribution is 2.17. The first kappa shape index (κ1) is 20.1. The van der Waals surface area contributed by atoms with Gasteiger partial charge in [-0.1, -0.05) is 55.8 Å². The molecule has 2 aromatic rings. The van der Waals surface area contributed by atoms with Crippen LogP contribution in [0.25, 0.3) is 0 Å². The van der Waals surface area contributed by atoms with E-state index in [0.717, 1.165) is 17.4 Å². The third-order valence-corrected chi connectivity index (χ3v) is 5.29. The number of aryl methyl sites for hydroxylation is 1. The van der Waals surface area contributed by atoms with Crippen LogP contribution in [0.2, 0.25) is 0 Å². The predicted octanol–water partition coefficient (Wildman–Crippen LogP) is 3.52. The second-order valence-corrected chi connectivity index (χ2v) is 8.83. The zero-order valence-corrected chi connectivity index (χ0v) is 16.5. The molecule has 0 atom stereocenters. The normalized spacial score (nSPS) is 11.8. The summed E-state index contributed by atoms with van der Waals surface area (Å²) in [6.07, 6.45) is 1.12. The summed E-state index contributed by atoms with van der Waals surface area (Å²) in [5.41, 5.74) is 3.73. The summed E-state index contributed by atoms with van der Waals surface area (Å²) >= 11 is 0. The van der Waals surface area contributed by atoms with Gasteiger partial charge in [-0.3, -0.25) is 4.79 Å². The van der Waals surface area contributed by atoms with E-state index in [0.29, 0.717) is 11.6 Å². The lowest BCUT2D eigenvalue weighted by molar-refractivity contribution is -0.116. The van der Waals surface area contributed by atoms with Crippen molar-refractivity contribution in [3.8, 4) is 0 Å². The molecule has 0 unspecified atom stereocenters. The van der Waals surface area contributed by atoms with Gasteiger partial charge in [0.1, 0.15) is 0 Å². The van der Waals surface area contributed by atoms with Crippen molar-refractivity contribution in [2.45, 2.75) is 33.2 Å². The van der Waals surface area contributed by atoms with Crippen molar-refractivity contribution >= 4 is 21.6 Å². The molecule has 0 aliphatic carbocycles. The van der Waals surface area contributed by atoms with Gasteiger partial charge in [-0.2, -0.15) is 4.31 Å². The lowest BCUT2D eigenvalue weighted by Gasteiger charge is -2.20. The molecule has 0 heterocycles. The highest BCUT2D eigenvalue weighted by atomic mass is 32.2. The van der Waals surface area contributed by atoms with E-state index in [2.05, 4.69) is 19.2 Å². The van der Waals surface area contributed by atoms with Gasteiger partial charge in [0.2, 0.25) is 15.9 Å². The Bertz CT molecular complexity index is 859. The molecule has 6 heteroatoms. The van der Waals surface area contributed by atoms with Gasteiger partial charge in [0.15, 0.2) is 0 Å². The molecular weight excluding hydrogens is 348 g/mol. The van der Waals surface area contributed by atoms with Gasteiger partial charge in [0, 0.05) is 12.2 Å². The van der Waals surface area contributed by atoms with Crippen LogP contribution in [0, 0.1) is 6.92 Å². The number of anilines is 1. The summed E-state index contributed by atoms with van der Waals surface area (Å²) in [6.45, 7) is 6.09. The van der Waals surface area contributed by atoms with Crippen molar-refractivity contribution in [3.63, 3.8) is 0 Å². The summed E-state index contributed by atoms with van der Waals surface area (Å²) in [6, 6.07) is 15.2. The maximum Gasteiger partial charge on any atom is 0.239 e. The number of sulfonamides is 1. The summed E-state index contributed by atoms with van der Waals surface area (Å²) < 4.78 is 25.3. The number of nitrogens with one attached hydrogen (secondary N) is 1. The number of nitrogens with zero attached hydrogens (tertiary/aromatic N) is 1. The monoisotopic (exact) mass is 374 g/mol. The van der Waals surface area contributed by atoms with E-state index >= 15 is 0 Å². The quantitative estimate of drug-likeness (QED) is 0.806. The zero-order chi connectivity index (χ0) is 19.3. The van der Waals surface area contributed by atoms with Gasteiger partial charge in [0.05, 0.1) is 12.8 Å². The van der Waals surface area contributed by atoms with E-state index in [1.807, 2.05) is 55.5 Å². The van der Waals surface area contributed by atoms with E-state index in [9.17, 15) is 13.2 Å². The minimum absolute atomic E-state index is 0.167. The van der Waals surface area contributed by atoms with E-state index in [4.69, 9.17) is 0 Å². The molecule has 0 spiro atoms. The number of carbonyl (C=O) groups excluding carboxylic acids is 1. The van der Waals surface area contributed by atoms with Gasteiger partial charge in [-0.25, -0.2) is 8.42 Å². The Morgan fingerprint density at radius 2 is 1.77 bits per heavy atom. The van der Waals surface area contributed by atoms with Crippen LogP contribution in [-0.4, -0.2) is 31.4 Å². The molecule has 26 heavy (non-hydrogen) atoms. The zero-order valence-electron chi connectivity index (χ0n) is 15.7. The molecule has 0 bridgehead atoms. The molecule has 1 amide bonds. The Labute approximate surface area is 156 Å². The van der Waals surface area contributed by atoms with Crippen LogP contribution in [0.15, 0.2) is 48.5 Å². The van der Waals surface area contributed by atoms with E-state index in [1.165, 1.54) is 9.87 Å². The summed E-state index contributed by atoms with van der Waals surface area (Å²) in [5, 5.41) is 2.76. The molecule has 2 rings (SSSR count). The SMILES string of the molecule is Cc1cccc(CN(CC(=O)Nc2ccc(C(C)C)cc2)S(C)(=O)=O)c1. The van der Waals surface area contributed by atoms with E-state index in [1.54, 1.807) is 0 Å². The first-order chi connectivity index (χ1) is 12.1. The van der Waals surface area contributed by atoms with Crippen LogP contribution in [0.3, 0.4) is 0 Å². The average Bonchev–Trinajstić information content (AvgIpc) is 2.54. The van der Waals surface area contributed by atoms with Crippen LogP contribution in [0.4, 0.5) is 5.69 Å². The molecular formula is C20H26N2O3S. The summed E-state index contributed by atoms with van der Waals surface area (Å²) in [4.78, 5) is 12.3.